The van der Waals surface area contributed by atoms with Gasteiger partial charge in [0.2, 0.25) is 0 Å². The Hall–Kier alpha value is -3.15. The number of ether oxygens (including phenoxy) is 1. The minimum atomic E-state index is -0.280. The van der Waals surface area contributed by atoms with Gasteiger partial charge in [-0.05, 0) is 37.3 Å². The van der Waals surface area contributed by atoms with E-state index >= 15 is 0 Å². The van der Waals surface area contributed by atoms with Gasteiger partial charge in [0.15, 0.2) is 0 Å². The second-order valence-electron chi connectivity index (χ2n) is 5.43. The van der Waals surface area contributed by atoms with Crippen LogP contribution in [0.4, 0.5) is 10.1 Å². The number of anilines is 1. The number of hydrogen-bond donors (Lipinski definition) is 1. The Morgan fingerprint density at radius 3 is 2.68 bits per heavy atom. The Labute approximate surface area is 145 Å². The first-order chi connectivity index (χ1) is 12.2. The second-order valence-corrected chi connectivity index (χ2v) is 5.43. The number of hydrogen-bond acceptors (Lipinski definition) is 3. The van der Waals surface area contributed by atoms with Crippen molar-refractivity contribution in [2.75, 3.05) is 11.9 Å². The molecule has 2 aromatic carbocycles. The lowest BCUT2D eigenvalue weighted by Crippen LogP contribution is -2.11. The van der Waals surface area contributed by atoms with Crippen molar-refractivity contribution in [2.24, 2.45) is 0 Å². The van der Waals surface area contributed by atoms with E-state index in [1.54, 1.807) is 53.3 Å². The Bertz CT molecular complexity index is 859. The van der Waals surface area contributed by atoms with Crippen molar-refractivity contribution >= 4 is 11.6 Å². The molecule has 1 N–H and O–H groups in total. The fraction of sp³-hybridized carbons (Fsp3) is 0.158. The number of benzene rings is 2. The number of aromatic nitrogens is 2. The van der Waals surface area contributed by atoms with E-state index in [1.807, 2.05) is 6.92 Å². The first-order valence-electron chi connectivity index (χ1n) is 7.96. The average Bonchev–Trinajstić information content (AvgIpc) is 3.05. The molecule has 1 amide bonds. The van der Waals surface area contributed by atoms with Crippen LogP contribution in [0.25, 0.3) is 0 Å². The third kappa shape index (κ3) is 4.23. The van der Waals surface area contributed by atoms with Crippen molar-refractivity contribution in [2.45, 2.75) is 13.5 Å². The number of halogens is 1. The van der Waals surface area contributed by atoms with Gasteiger partial charge in [-0.2, -0.15) is 5.10 Å². The van der Waals surface area contributed by atoms with Crippen LogP contribution in [-0.4, -0.2) is 22.3 Å². The van der Waals surface area contributed by atoms with Gasteiger partial charge in [-0.25, -0.2) is 4.39 Å². The van der Waals surface area contributed by atoms with Crippen molar-refractivity contribution in [3.8, 4) is 5.75 Å². The third-order valence-electron chi connectivity index (χ3n) is 3.61. The van der Waals surface area contributed by atoms with Gasteiger partial charge < -0.3 is 10.1 Å². The molecule has 0 aliphatic carbocycles. The van der Waals surface area contributed by atoms with E-state index in [-0.39, 0.29) is 11.7 Å². The monoisotopic (exact) mass is 339 g/mol. The highest BCUT2D eigenvalue weighted by Crippen LogP contribution is 2.15. The molecule has 6 heteroatoms. The maximum absolute atomic E-state index is 13.7. The standard InChI is InChI=1S/C19H18FN3O2/c1-2-25-17-9-7-14(8-10-17)19(24)22-16-11-21-23(13-16)12-15-5-3-4-6-18(15)20/h3-11,13H,2,12H2,1H3,(H,22,24). The molecule has 0 saturated heterocycles. The third-order valence-corrected chi connectivity index (χ3v) is 3.61. The zero-order valence-electron chi connectivity index (χ0n) is 13.8. The van der Waals surface area contributed by atoms with Crippen LogP contribution in [0.5, 0.6) is 5.75 Å². The van der Waals surface area contributed by atoms with Crippen molar-refractivity contribution in [1.29, 1.82) is 0 Å². The van der Waals surface area contributed by atoms with Gasteiger partial charge in [0.25, 0.3) is 5.91 Å². The molecule has 0 aliphatic heterocycles. The minimum absolute atomic E-state index is 0.242. The van der Waals surface area contributed by atoms with Gasteiger partial charge in [0, 0.05) is 17.3 Å². The van der Waals surface area contributed by atoms with Gasteiger partial charge >= 0.3 is 0 Å². The summed E-state index contributed by atoms with van der Waals surface area (Å²) in [5.41, 5.74) is 1.61. The molecular formula is C19H18FN3O2. The molecule has 0 atom stereocenters. The molecule has 3 aromatic rings. The molecule has 0 aliphatic rings. The summed E-state index contributed by atoms with van der Waals surface area (Å²) in [6, 6.07) is 13.4. The summed E-state index contributed by atoms with van der Waals surface area (Å²) in [5.74, 6) is 0.197. The van der Waals surface area contributed by atoms with Crippen molar-refractivity contribution in [3.05, 3.63) is 77.9 Å². The molecule has 0 radical (unpaired) electrons. The summed E-state index contributed by atoms with van der Waals surface area (Å²) < 4.78 is 20.6. The Morgan fingerprint density at radius 1 is 1.20 bits per heavy atom. The quantitative estimate of drug-likeness (QED) is 0.745. The van der Waals surface area contributed by atoms with Gasteiger partial charge in [0.1, 0.15) is 11.6 Å². The molecule has 5 nitrogen and oxygen atoms in total. The predicted molar refractivity (Wildman–Crippen MR) is 93.3 cm³/mol. The number of nitrogens with one attached hydrogen (secondary N) is 1. The van der Waals surface area contributed by atoms with Gasteiger partial charge in [0.05, 0.1) is 25.0 Å². The van der Waals surface area contributed by atoms with Crippen molar-refractivity contribution < 1.29 is 13.9 Å². The lowest BCUT2D eigenvalue weighted by molar-refractivity contribution is 0.102. The van der Waals surface area contributed by atoms with Crippen molar-refractivity contribution in [1.82, 2.24) is 9.78 Å². The predicted octanol–water partition coefficient (Wildman–Crippen LogP) is 3.72. The number of amides is 1. The highest BCUT2D eigenvalue weighted by Gasteiger charge is 2.09. The minimum Gasteiger partial charge on any atom is -0.494 e. The van der Waals surface area contributed by atoms with E-state index < -0.39 is 0 Å². The van der Waals surface area contributed by atoms with E-state index in [2.05, 4.69) is 10.4 Å². The van der Waals surface area contributed by atoms with E-state index in [4.69, 9.17) is 4.74 Å². The number of nitrogens with zero attached hydrogens (tertiary/aromatic N) is 2. The van der Waals surface area contributed by atoms with Crippen LogP contribution in [0.3, 0.4) is 0 Å². The fourth-order valence-electron chi connectivity index (χ4n) is 2.39. The Balaban J connectivity index is 1.64. The summed E-state index contributed by atoms with van der Waals surface area (Å²) >= 11 is 0. The molecule has 0 saturated carbocycles. The molecule has 0 spiro atoms. The zero-order chi connectivity index (χ0) is 17.6. The molecule has 3 rings (SSSR count). The van der Waals surface area contributed by atoms with Crippen LogP contribution in [0.15, 0.2) is 60.9 Å². The molecule has 25 heavy (non-hydrogen) atoms. The molecule has 1 aromatic heterocycles. The van der Waals surface area contributed by atoms with Gasteiger partial charge in [-0.1, -0.05) is 18.2 Å². The second kappa shape index (κ2) is 7.61. The maximum atomic E-state index is 13.7. The first kappa shape index (κ1) is 16.7. The van der Waals surface area contributed by atoms with Crippen LogP contribution < -0.4 is 10.1 Å². The molecule has 0 bridgehead atoms. The largest absolute Gasteiger partial charge is 0.494 e. The number of rotatable bonds is 6. The zero-order valence-corrected chi connectivity index (χ0v) is 13.8. The van der Waals surface area contributed by atoms with Gasteiger partial charge in [-0.15, -0.1) is 0 Å². The van der Waals surface area contributed by atoms with E-state index in [1.165, 1.54) is 12.3 Å². The lowest BCUT2D eigenvalue weighted by Gasteiger charge is -2.05. The highest BCUT2D eigenvalue weighted by molar-refractivity contribution is 6.04. The summed E-state index contributed by atoms with van der Waals surface area (Å²) in [7, 11) is 0. The molecule has 0 unspecified atom stereocenters. The molecule has 128 valence electrons. The number of carbonyl (C=O) groups is 1. The van der Waals surface area contributed by atoms with Crippen LogP contribution in [0.1, 0.15) is 22.8 Å². The fourth-order valence-corrected chi connectivity index (χ4v) is 2.39. The Kier molecular flexibility index (Phi) is 5.09. The smallest absolute Gasteiger partial charge is 0.255 e. The van der Waals surface area contributed by atoms with Crippen molar-refractivity contribution in [3.63, 3.8) is 0 Å². The van der Waals surface area contributed by atoms with Crippen LogP contribution in [-0.2, 0) is 6.54 Å². The normalized spacial score (nSPS) is 10.5. The molecular weight excluding hydrogens is 321 g/mol. The summed E-state index contributed by atoms with van der Waals surface area (Å²) in [4.78, 5) is 12.3. The first-order valence-corrected chi connectivity index (χ1v) is 7.96. The van der Waals surface area contributed by atoms with E-state index in [0.717, 1.165) is 5.75 Å². The molecule has 0 fully saturated rings. The van der Waals surface area contributed by atoms with E-state index in [0.29, 0.717) is 30.0 Å². The van der Waals surface area contributed by atoms with Gasteiger partial charge in [-0.3, -0.25) is 9.48 Å². The van der Waals surface area contributed by atoms with Crippen LogP contribution >= 0.6 is 0 Å². The average molecular weight is 339 g/mol. The molecule has 1 heterocycles. The SMILES string of the molecule is CCOc1ccc(C(=O)Nc2cnn(Cc3ccccc3F)c2)cc1. The Morgan fingerprint density at radius 2 is 1.96 bits per heavy atom. The maximum Gasteiger partial charge on any atom is 0.255 e. The highest BCUT2D eigenvalue weighted by atomic mass is 19.1. The van der Waals surface area contributed by atoms with Crippen LogP contribution in [0, 0.1) is 5.82 Å². The van der Waals surface area contributed by atoms with Crippen LogP contribution in [0.2, 0.25) is 0 Å². The van der Waals surface area contributed by atoms with E-state index in [9.17, 15) is 9.18 Å². The lowest BCUT2D eigenvalue weighted by atomic mass is 10.2. The summed E-state index contributed by atoms with van der Waals surface area (Å²) in [6.45, 7) is 2.78. The number of carbonyl (C=O) groups excluding carboxylic acids is 1. The summed E-state index contributed by atoms with van der Waals surface area (Å²) in [6.07, 6.45) is 3.20. The topological polar surface area (TPSA) is 56.1 Å². The summed E-state index contributed by atoms with van der Waals surface area (Å²) in [5, 5.41) is 6.93.